The Bertz CT molecular complexity index is 455. The molecule has 0 heterocycles. The lowest BCUT2D eigenvalue weighted by Crippen LogP contribution is -2.43. The van der Waals surface area contributed by atoms with Gasteiger partial charge in [0.2, 0.25) is 0 Å². The molecular weight excluding hydrogens is 264 g/mol. The number of carbonyl (C=O) groups is 1. The van der Waals surface area contributed by atoms with Crippen molar-refractivity contribution in [2.75, 3.05) is 14.2 Å². The van der Waals surface area contributed by atoms with Crippen LogP contribution in [0.3, 0.4) is 0 Å². The Labute approximate surface area is 118 Å². The number of thiocarbonyl (C=S) groups is 1. The van der Waals surface area contributed by atoms with Gasteiger partial charge in [-0.2, -0.15) is 0 Å². The molecule has 0 saturated carbocycles. The minimum Gasteiger partial charge on any atom is -0.496 e. The minimum atomic E-state index is -0.350. The van der Waals surface area contributed by atoms with Crippen LogP contribution in [0, 0.1) is 0 Å². The zero-order valence-electron chi connectivity index (χ0n) is 11.2. The van der Waals surface area contributed by atoms with Crippen LogP contribution in [0.1, 0.15) is 23.7 Å². The molecule has 0 saturated heterocycles. The summed E-state index contributed by atoms with van der Waals surface area (Å²) in [4.78, 5) is 12.5. The maximum Gasteiger partial charge on any atom is 0.259 e. The standard InChI is InChI=1S/C13H18N2O3S/c1-4-8(12(14)19)15-13(16)11-9(17-2)6-5-7-10(11)18-3/h5-8H,4H2,1-3H3,(H2,14,19)(H,15,16). The van der Waals surface area contributed by atoms with Crippen molar-refractivity contribution in [1.29, 1.82) is 0 Å². The molecule has 3 N–H and O–H groups in total. The van der Waals surface area contributed by atoms with Crippen LogP contribution in [-0.4, -0.2) is 31.2 Å². The van der Waals surface area contributed by atoms with Crippen LogP contribution >= 0.6 is 12.2 Å². The average Bonchev–Trinajstić information content (AvgIpc) is 2.42. The van der Waals surface area contributed by atoms with Crippen LogP contribution in [0.25, 0.3) is 0 Å². The predicted molar refractivity (Wildman–Crippen MR) is 77.9 cm³/mol. The van der Waals surface area contributed by atoms with E-state index in [0.717, 1.165) is 0 Å². The quantitative estimate of drug-likeness (QED) is 0.774. The van der Waals surface area contributed by atoms with Crippen LogP contribution < -0.4 is 20.5 Å². The molecule has 1 rings (SSSR count). The fourth-order valence-electron chi connectivity index (χ4n) is 1.68. The average molecular weight is 282 g/mol. The van der Waals surface area contributed by atoms with Gasteiger partial charge in [-0.15, -0.1) is 0 Å². The second kappa shape index (κ2) is 6.94. The highest BCUT2D eigenvalue weighted by molar-refractivity contribution is 7.80. The third kappa shape index (κ3) is 3.57. The van der Waals surface area contributed by atoms with Gasteiger partial charge >= 0.3 is 0 Å². The van der Waals surface area contributed by atoms with E-state index in [4.69, 9.17) is 27.4 Å². The van der Waals surface area contributed by atoms with Gasteiger partial charge in [-0.25, -0.2) is 0 Å². The van der Waals surface area contributed by atoms with Crippen LogP contribution in [-0.2, 0) is 0 Å². The number of rotatable bonds is 6. The fraction of sp³-hybridized carbons (Fsp3) is 0.385. The number of ether oxygens (including phenoxy) is 2. The first-order chi connectivity index (χ1) is 9.04. The molecule has 0 fully saturated rings. The van der Waals surface area contributed by atoms with Crippen LogP contribution in [0.2, 0.25) is 0 Å². The van der Waals surface area contributed by atoms with E-state index in [1.54, 1.807) is 18.2 Å². The number of amides is 1. The van der Waals surface area contributed by atoms with Gasteiger partial charge in [0.1, 0.15) is 17.1 Å². The van der Waals surface area contributed by atoms with Crippen molar-refractivity contribution in [3.05, 3.63) is 23.8 Å². The van der Waals surface area contributed by atoms with E-state index in [2.05, 4.69) is 5.32 Å². The van der Waals surface area contributed by atoms with Gasteiger partial charge in [-0.3, -0.25) is 4.79 Å². The molecule has 0 aliphatic heterocycles. The zero-order chi connectivity index (χ0) is 14.4. The topological polar surface area (TPSA) is 73.6 Å². The molecule has 0 bridgehead atoms. The highest BCUT2D eigenvalue weighted by atomic mass is 32.1. The molecule has 0 radical (unpaired) electrons. The van der Waals surface area contributed by atoms with E-state index in [1.165, 1.54) is 14.2 Å². The largest absolute Gasteiger partial charge is 0.496 e. The van der Waals surface area contributed by atoms with Gasteiger partial charge in [0, 0.05) is 0 Å². The molecule has 1 amide bonds. The third-order valence-electron chi connectivity index (χ3n) is 2.71. The lowest BCUT2D eigenvalue weighted by molar-refractivity contribution is 0.0940. The van der Waals surface area contributed by atoms with Crippen molar-refractivity contribution in [3.8, 4) is 11.5 Å². The van der Waals surface area contributed by atoms with Crippen molar-refractivity contribution in [3.63, 3.8) is 0 Å². The lowest BCUT2D eigenvalue weighted by Gasteiger charge is -2.18. The molecule has 1 aromatic rings. The minimum absolute atomic E-state index is 0.254. The summed E-state index contributed by atoms with van der Waals surface area (Å²) < 4.78 is 10.4. The van der Waals surface area contributed by atoms with Crippen molar-refractivity contribution < 1.29 is 14.3 Å². The summed E-state index contributed by atoms with van der Waals surface area (Å²) in [5.74, 6) is 0.554. The Morgan fingerprint density at radius 3 is 2.26 bits per heavy atom. The van der Waals surface area contributed by atoms with Gasteiger partial charge in [0.15, 0.2) is 0 Å². The molecule has 1 aromatic carbocycles. The van der Waals surface area contributed by atoms with Gasteiger partial charge in [-0.05, 0) is 18.6 Å². The number of methoxy groups -OCH3 is 2. The first-order valence-corrected chi connectivity index (χ1v) is 6.27. The summed E-state index contributed by atoms with van der Waals surface area (Å²) in [6.07, 6.45) is 0.624. The van der Waals surface area contributed by atoms with Crippen molar-refractivity contribution in [2.45, 2.75) is 19.4 Å². The maximum absolute atomic E-state index is 12.3. The fourth-order valence-corrected chi connectivity index (χ4v) is 1.91. The maximum atomic E-state index is 12.3. The molecule has 1 unspecified atom stereocenters. The number of benzene rings is 1. The van der Waals surface area contributed by atoms with Crippen molar-refractivity contribution >= 4 is 23.1 Å². The Hall–Kier alpha value is -1.82. The van der Waals surface area contributed by atoms with E-state index in [1.807, 2.05) is 6.92 Å². The molecule has 5 nitrogen and oxygen atoms in total. The Morgan fingerprint density at radius 2 is 1.89 bits per heavy atom. The highest BCUT2D eigenvalue weighted by Crippen LogP contribution is 2.28. The van der Waals surface area contributed by atoms with Gasteiger partial charge in [-0.1, -0.05) is 25.2 Å². The van der Waals surface area contributed by atoms with Gasteiger partial charge in [0.25, 0.3) is 5.91 Å². The number of hydrogen-bond donors (Lipinski definition) is 2. The molecule has 0 aliphatic rings. The molecule has 0 aliphatic carbocycles. The Morgan fingerprint density at radius 1 is 1.37 bits per heavy atom. The van der Waals surface area contributed by atoms with E-state index in [0.29, 0.717) is 23.5 Å². The summed E-state index contributed by atoms with van der Waals surface area (Å²) in [5.41, 5.74) is 5.90. The smallest absolute Gasteiger partial charge is 0.259 e. The second-order valence-corrected chi connectivity index (χ2v) is 4.35. The molecule has 104 valence electrons. The van der Waals surface area contributed by atoms with Gasteiger partial charge in [0.05, 0.1) is 25.2 Å². The van der Waals surface area contributed by atoms with E-state index in [-0.39, 0.29) is 16.9 Å². The highest BCUT2D eigenvalue weighted by Gasteiger charge is 2.21. The Balaban J connectivity index is 3.07. The number of nitrogens with two attached hydrogens (primary N) is 1. The van der Waals surface area contributed by atoms with Crippen LogP contribution in [0.4, 0.5) is 0 Å². The second-order valence-electron chi connectivity index (χ2n) is 3.87. The van der Waals surface area contributed by atoms with Crippen molar-refractivity contribution in [1.82, 2.24) is 5.32 Å². The van der Waals surface area contributed by atoms with E-state index < -0.39 is 0 Å². The molecule has 19 heavy (non-hydrogen) atoms. The van der Waals surface area contributed by atoms with E-state index in [9.17, 15) is 4.79 Å². The molecule has 0 aromatic heterocycles. The normalized spacial score (nSPS) is 11.5. The first kappa shape index (κ1) is 15.2. The summed E-state index contributed by atoms with van der Waals surface area (Å²) in [6, 6.07) is 4.79. The molecular formula is C13H18N2O3S. The lowest BCUT2D eigenvalue weighted by atomic mass is 10.1. The summed E-state index contributed by atoms with van der Waals surface area (Å²) in [6.45, 7) is 1.89. The SMILES string of the molecule is CCC(NC(=O)c1c(OC)cccc1OC)C(N)=S. The number of nitrogens with one attached hydrogen (secondary N) is 1. The van der Waals surface area contributed by atoms with Crippen LogP contribution in [0.15, 0.2) is 18.2 Å². The van der Waals surface area contributed by atoms with E-state index >= 15 is 0 Å². The third-order valence-corrected chi connectivity index (χ3v) is 3.00. The number of hydrogen-bond acceptors (Lipinski definition) is 4. The van der Waals surface area contributed by atoms with Crippen LogP contribution in [0.5, 0.6) is 11.5 Å². The summed E-state index contributed by atoms with van der Waals surface area (Å²) >= 11 is 4.91. The first-order valence-electron chi connectivity index (χ1n) is 5.86. The summed E-state index contributed by atoms with van der Waals surface area (Å²) in [7, 11) is 2.99. The van der Waals surface area contributed by atoms with Crippen molar-refractivity contribution in [2.24, 2.45) is 5.73 Å². The molecule has 6 heteroatoms. The monoisotopic (exact) mass is 282 g/mol. The zero-order valence-corrected chi connectivity index (χ0v) is 12.0. The molecule has 1 atom stereocenters. The Kier molecular flexibility index (Phi) is 5.57. The predicted octanol–water partition coefficient (Wildman–Crippen LogP) is 1.50. The molecule has 0 spiro atoms. The number of carbonyl (C=O) groups excluding carboxylic acids is 1. The van der Waals surface area contributed by atoms with Gasteiger partial charge < -0.3 is 20.5 Å². The summed E-state index contributed by atoms with van der Waals surface area (Å²) in [5, 5.41) is 2.77.